The smallest absolute Gasteiger partial charge is 0.162 e. The maximum absolute atomic E-state index is 6.34. The maximum atomic E-state index is 6.34. The summed E-state index contributed by atoms with van der Waals surface area (Å²) in [6, 6.07) is 3.60. The lowest BCUT2D eigenvalue weighted by Crippen LogP contribution is -2.29. The summed E-state index contributed by atoms with van der Waals surface area (Å²) in [5.41, 5.74) is 7.25. The van der Waals surface area contributed by atoms with E-state index in [1.165, 1.54) is 0 Å². The van der Waals surface area contributed by atoms with Gasteiger partial charge in [-0.3, -0.25) is 0 Å². The molecule has 1 aliphatic rings. The molecule has 0 fully saturated rings. The number of halogens is 1. The van der Waals surface area contributed by atoms with Gasteiger partial charge in [-0.2, -0.15) is 0 Å². The van der Waals surface area contributed by atoms with E-state index in [0.717, 1.165) is 17.7 Å². The molecule has 100 valence electrons. The van der Waals surface area contributed by atoms with E-state index in [-0.39, 0.29) is 11.5 Å². The van der Waals surface area contributed by atoms with Crippen molar-refractivity contribution in [1.82, 2.24) is 0 Å². The van der Waals surface area contributed by atoms with Crippen molar-refractivity contribution >= 4 is 11.6 Å². The normalized spacial score (nSPS) is 16.5. The second kappa shape index (κ2) is 4.98. The van der Waals surface area contributed by atoms with Crippen LogP contribution in [0.3, 0.4) is 0 Å². The SMILES string of the molecule is CCC(C)(C)C(N)c1cc2c(cc1Cl)OCCO2. The Kier molecular flexibility index (Phi) is 3.74. The zero-order valence-corrected chi connectivity index (χ0v) is 11.9. The van der Waals surface area contributed by atoms with Crippen molar-refractivity contribution in [3.8, 4) is 11.5 Å². The highest BCUT2D eigenvalue weighted by Gasteiger charge is 2.29. The molecule has 2 rings (SSSR count). The Labute approximate surface area is 113 Å². The van der Waals surface area contributed by atoms with Crippen molar-refractivity contribution in [2.45, 2.75) is 33.2 Å². The van der Waals surface area contributed by atoms with Crippen LogP contribution in [-0.4, -0.2) is 13.2 Å². The lowest BCUT2D eigenvalue weighted by atomic mass is 9.79. The second-order valence-corrected chi connectivity index (χ2v) is 5.74. The number of hydrogen-bond donors (Lipinski definition) is 1. The van der Waals surface area contributed by atoms with Gasteiger partial charge in [0, 0.05) is 17.1 Å². The van der Waals surface area contributed by atoms with Crippen molar-refractivity contribution in [1.29, 1.82) is 0 Å². The Morgan fingerprint density at radius 1 is 1.28 bits per heavy atom. The van der Waals surface area contributed by atoms with Gasteiger partial charge in [0.15, 0.2) is 11.5 Å². The Balaban J connectivity index is 2.39. The molecule has 1 heterocycles. The molecule has 4 heteroatoms. The Bertz CT molecular complexity index is 446. The standard InChI is InChI=1S/C14H20ClNO2/c1-4-14(2,3)13(16)9-7-11-12(8-10(9)15)18-6-5-17-11/h7-8,13H,4-6,16H2,1-3H3. The van der Waals surface area contributed by atoms with Gasteiger partial charge in [0.2, 0.25) is 0 Å². The van der Waals surface area contributed by atoms with E-state index in [4.69, 9.17) is 26.8 Å². The Hall–Kier alpha value is -0.930. The Morgan fingerprint density at radius 2 is 1.83 bits per heavy atom. The summed E-state index contributed by atoms with van der Waals surface area (Å²) in [5.74, 6) is 1.44. The van der Waals surface area contributed by atoms with E-state index in [1.807, 2.05) is 6.07 Å². The first kappa shape index (κ1) is 13.5. The molecule has 1 unspecified atom stereocenters. The van der Waals surface area contributed by atoms with Crippen molar-refractivity contribution < 1.29 is 9.47 Å². The van der Waals surface area contributed by atoms with Crippen LogP contribution in [0.4, 0.5) is 0 Å². The van der Waals surface area contributed by atoms with Gasteiger partial charge in [0.05, 0.1) is 0 Å². The minimum Gasteiger partial charge on any atom is -0.486 e. The number of nitrogens with two attached hydrogens (primary N) is 1. The molecule has 1 aromatic carbocycles. The Morgan fingerprint density at radius 3 is 2.39 bits per heavy atom. The fourth-order valence-corrected chi connectivity index (χ4v) is 2.23. The highest BCUT2D eigenvalue weighted by atomic mass is 35.5. The second-order valence-electron chi connectivity index (χ2n) is 5.34. The number of ether oxygens (including phenoxy) is 2. The van der Waals surface area contributed by atoms with Gasteiger partial charge in [-0.15, -0.1) is 0 Å². The zero-order valence-electron chi connectivity index (χ0n) is 11.1. The van der Waals surface area contributed by atoms with Crippen LogP contribution in [0, 0.1) is 5.41 Å². The lowest BCUT2D eigenvalue weighted by Gasteiger charge is -2.32. The number of rotatable bonds is 3. The van der Waals surface area contributed by atoms with Gasteiger partial charge in [-0.1, -0.05) is 32.4 Å². The molecule has 2 N–H and O–H groups in total. The van der Waals surface area contributed by atoms with E-state index in [2.05, 4.69) is 20.8 Å². The highest BCUT2D eigenvalue weighted by molar-refractivity contribution is 6.31. The average Bonchev–Trinajstić information content (AvgIpc) is 2.37. The van der Waals surface area contributed by atoms with Crippen molar-refractivity contribution in [2.24, 2.45) is 11.1 Å². The van der Waals surface area contributed by atoms with Crippen LogP contribution in [0.15, 0.2) is 12.1 Å². The van der Waals surface area contributed by atoms with Crippen LogP contribution in [-0.2, 0) is 0 Å². The number of hydrogen-bond acceptors (Lipinski definition) is 3. The third-order valence-corrected chi connectivity index (χ3v) is 4.08. The molecule has 0 saturated heterocycles. The summed E-state index contributed by atoms with van der Waals surface area (Å²) in [4.78, 5) is 0. The van der Waals surface area contributed by atoms with E-state index in [1.54, 1.807) is 6.07 Å². The fourth-order valence-electron chi connectivity index (χ4n) is 1.96. The van der Waals surface area contributed by atoms with E-state index in [0.29, 0.717) is 24.0 Å². The van der Waals surface area contributed by atoms with Crippen molar-refractivity contribution in [3.63, 3.8) is 0 Å². The van der Waals surface area contributed by atoms with Crippen LogP contribution >= 0.6 is 11.6 Å². The van der Waals surface area contributed by atoms with Crippen LogP contribution < -0.4 is 15.2 Å². The lowest BCUT2D eigenvalue weighted by molar-refractivity contribution is 0.171. The van der Waals surface area contributed by atoms with Gasteiger partial charge < -0.3 is 15.2 Å². The fraction of sp³-hybridized carbons (Fsp3) is 0.571. The van der Waals surface area contributed by atoms with Gasteiger partial charge in [0.25, 0.3) is 0 Å². The molecular weight excluding hydrogens is 250 g/mol. The zero-order chi connectivity index (χ0) is 13.3. The third-order valence-electron chi connectivity index (χ3n) is 3.75. The molecule has 0 aliphatic carbocycles. The predicted molar refractivity (Wildman–Crippen MR) is 73.4 cm³/mol. The first-order valence-electron chi connectivity index (χ1n) is 6.30. The number of benzene rings is 1. The molecule has 3 nitrogen and oxygen atoms in total. The van der Waals surface area contributed by atoms with Crippen LogP contribution in [0.25, 0.3) is 0 Å². The topological polar surface area (TPSA) is 44.5 Å². The molecular formula is C14H20ClNO2. The van der Waals surface area contributed by atoms with E-state index < -0.39 is 0 Å². The summed E-state index contributed by atoms with van der Waals surface area (Å²) < 4.78 is 11.1. The third kappa shape index (κ3) is 2.43. The monoisotopic (exact) mass is 269 g/mol. The van der Waals surface area contributed by atoms with Crippen molar-refractivity contribution in [3.05, 3.63) is 22.7 Å². The van der Waals surface area contributed by atoms with Crippen LogP contribution in [0.5, 0.6) is 11.5 Å². The van der Waals surface area contributed by atoms with Gasteiger partial charge in [-0.25, -0.2) is 0 Å². The van der Waals surface area contributed by atoms with Crippen LogP contribution in [0.1, 0.15) is 38.8 Å². The first-order valence-corrected chi connectivity index (χ1v) is 6.68. The summed E-state index contributed by atoms with van der Waals surface area (Å²) in [6.45, 7) is 7.55. The molecule has 0 aromatic heterocycles. The minimum absolute atomic E-state index is 0.00655. The number of fused-ring (bicyclic) bond motifs is 1. The molecule has 0 saturated carbocycles. The molecule has 0 spiro atoms. The van der Waals surface area contributed by atoms with Crippen LogP contribution in [0.2, 0.25) is 5.02 Å². The average molecular weight is 270 g/mol. The van der Waals surface area contributed by atoms with Gasteiger partial charge in [0.1, 0.15) is 13.2 Å². The summed E-state index contributed by atoms with van der Waals surface area (Å²) >= 11 is 6.30. The van der Waals surface area contributed by atoms with E-state index >= 15 is 0 Å². The largest absolute Gasteiger partial charge is 0.486 e. The van der Waals surface area contributed by atoms with Gasteiger partial charge >= 0.3 is 0 Å². The summed E-state index contributed by atoms with van der Waals surface area (Å²) in [5, 5.41) is 0.647. The molecule has 0 amide bonds. The van der Waals surface area contributed by atoms with Crippen molar-refractivity contribution in [2.75, 3.05) is 13.2 Å². The molecule has 1 aliphatic heterocycles. The molecule has 1 aromatic rings. The predicted octanol–water partition coefficient (Wildman–Crippen LogP) is 3.55. The molecule has 1 atom stereocenters. The quantitative estimate of drug-likeness (QED) is 0.913. The minimum atomic E-state index is -0.120. The van der Waals surface area contributed by atoms with Gasteiger partial charge in [-0.05, 0) is 23.5 Å². The summed E-state index contributed by atoms with van der Waals surface area (Å²) in [6.07, 6.45) is 0.985. The molecule has 0 radical (unpaired) electrons. The van der Waals surface area contributed by atoms with E-state index in [9.17, 15) is 0 Å². The maximum Gasteiger partial charge on any atom is 0.162 e. The summed E-state index contributed by atoms with van der Waals surface area (Å²) in [7, 11) is 0. The molecule has 18 heavy (non-hydrogen) atoms. The first-order chi connectivity index (χ1) is 8.45. The molecule has 0 bridgehead atoms. The highest BCUT2D eigenvalue weighted by Crippen LogP contribution is 2.42.